The molecule has 0 saturated heterocycles. The van der Waals surface area contributed by atoms with Gasteiger partial charge in [0.2, 0.25) is 0 Å². The summed E-state index contributed by atoms with van der Waals surface area (Å²) in [6, 6.07) is 3.97. The van der Waals surface area contributed by atoms with Gasteiger partial charge in [0.15, 0.2) is 0 Å². The van der Waals surface area contributed by atoms with Gasteiger partial charge in [0, 0.05) is 6.20 Å². The molecular weight excluding hydrogens is 212 g/mol. The topological polar surface area (TPSA) is 34.1 Å². The fourth-order valence-corrected chi connectivity index (χ4v) is 2.28. The highest BCUT2D eigenvalue weighted by atomic mass is 16.5. The van der Waals surface area contributed by atoms with Crippen LogP contribution in [0.5, 0.6) is 5.75 Å². The normalized spacial score (nSPS) is 17.5. The quantitative estimate of drug-likeness (QED) is 0.768. The molecule has 3 heteroatoms. The summed E-state index contributed by atoms with van der Waals surface area (Å²) in [5, 5.41) is 3.38. The summed E-state index contributed by atoms with van der Waals surface area (Å²) in [7, 11) is 0. The third-order valence-corrected chi connectivity index (χ3v) is 3.56. The van der Waals surface area contributed by atoms with Crippen molar-refractivity contribution in [1.29, 1.82) is 0 Å². The van der Waals surface area contributed by atoms with Crippen molar-refractivity contribution in [3.63, 3.8) is 0 Å². The maximum absolute atomic E-state index is 6.21. The first-order valence-electron chi connectivity index (χ1n) is 6.57. The van der Waals surface area contributed by atoms with Gasteiger partial charge in [0.1, 0.15) is 11.4 Å². The minimum absolute atomic E-state index is 0.0654. The summed E-state index contributed by atoms with van der Waals surface area (Å²) < 4.78 is 6.21. The maximum atomic E-state index is 6.21. The van der Waals surface area contributed by atoms with Crippen LogP contribution in [0, 0.1) is 6.92 Å². The van der Waals surface area contributed by atoms with Crippen molar-refractivity contribution in [3.05, 3.63) is 24.0 Å². The van der Waals surface area contributed by atoms with Crippen molar-refractivity contribution < 1.29 is 4.74 Å². The van der Waals surface area contributed by atoms with Crippen molar-refractivity contribution in [1.82, 2.24) is 10.3 Å². The van der Waals surface area contributed by atoms with Gasteiger partial charge >= 0.3 is 0 Å². The smallest absolute Gasteiger partial charge is 0.141 e. The molecule has 1 saturated carbocycles. The molecule has 0 bridgehead atoms. The van der Waals surface area contributed by atoms with Crippen LogP contribution in [0.3, 0.4) is 0 Å². The number of aryl methyl sites for hydroxylation is 1. The van der Waals surface area contributed by atoms with Crippen LogP contribution in [-0.2, 0) is 0 Å². The number of nitrogens with zero attached hydrogens (tertiary/aromatic N) is 1. The fraction of sp³-hybridized carbons (Fsp3) is 0.643. The summed E-state index contributed by atoms with van der Waals surface area (Å²) in [6.45, 7) is 6.21. The summed E-state index contributed by atoms with van der Waals surface area (Å²) in [4.78, 5) is 4.28. The molecule has 0 radical (unpaired) electrons. The highest BCUT2D eigenvalue weighted by Crippen LogP contribution is 2.39. The van der Waals surface area contributed by atoms with Crippen molar-refractivity contribution in [2.45, 2.75) is 45.1 Å². The minimum atomic E-state index is 0.0654. The molecular formula is C14H22N2O. The third-order valence-electron chi connectivity index (χ3n) is 3.56. The molecule has 0 spiro atoms. The van der Waals surface area contributed by atoms with E-state index >= 15 is 0 Å². The van der Waals surface area contributed by atoms with Gasteiger partial charge in [0.05, 0.1) is 5.69 Å². The van der Waals surface area contributed by atoms with Gasteiger partial charge in [-0.15, -0.1) is 0 Å². The standard InChI is InChI=1S/C14H22N2O/c1-3-15-11-9-14(7-5-8-14)17-13-6-4-10-16-12(13)2/h4,6,10,15H,3,5,7-9,11H2,1-2H3. The van der Waals surface area contributed by atoms with Gasteiger partial charge in [-0.3, -0.25) is 4.98 Å². The summed E-state index contributed by atoms with van der Waals surface area (Å²) >= 11 is 0. The zero-order chi connectivity index (χ0) is 12.1. The Morgan fingerprint density at radius 3 is 2.88 bits per heavy atom. The van der Waals surface area contributed by atoms with Gasteiger partial charge in [-0.2, -0.15) is 0 Å². The molecule has 1 aliphatic carbocycles. The Labute approximate surface area is 104 Å². The van der Waals surface area contributed by atoms with E-state index in [9.17, 15) is 0 Å². The third kappa shape index (κ3) is 2.97. The van der Waals surface area contributed by atoms with Crippen LogP contribution in [0.15, 0.2) is 18.3 Å². The lowest BCUT2D eigenvalue weighted by atomic mass is 9.77. The molecule has 94 valence electrons. The second-order valence-electron chi connectivity index (χ2n) is 4.83. The van der Waals surface area contributed by atoms with Crippen molar-refractivity contribution in [2.75, 3.05) is 13.1 Å². The largest absolute Gasteiger partial charge is 0.485 e. The fourth-order valence-electron chi connectivity index (χ4n) is 2.28. The molecule has 0 amide bonds. The first-order chi connectivity index (χ1) is 8.26. The zero-order valence-corrected chi connectivity index (χ0v) is 10.8. The van der Waals surface area contributed by atoms with E-state index in [0.717, 1.165) is 31.0 Å². The molecule has 0 unspecified atom stereocenters. The van der Waals surface area contributed by atoms with Crippen molar-refractivity contribution in [3.8, 4) is 5.75 Å². The molecule has 0 atom stereocenters. The number of hydrogen-bond acceptors (Lipinski definition) is 3. The van der Waals surface area contributed by atoms with Crippen molar-refractivity contribution >= 4 is 0 Å². The Balaban J connectivity index is 1.97. The Morgan fingerprint density at radius 1 is 1.47 bits per heavy atom. The van der Waals surface area contributed by atoms with E-state index in [0.29, 0.717) is 0 Å². The SMILES string of the molecule is CCNCCC1(Oc2cccnc2C)CCC1. The van der Waals surface area contributed by atoms with Crippen LogP contribution in [0.25, 0.3) is 0 Å². The predicted octanol–water partition coefficient (Wildman–Crippen LogP) is 2.69. The Bertz CT molecular complexity index is 361. The Kier molecular flexibility index (Phi) is 4.00. The summed E-state index contributed by atoms with van der Waals surface area (Å²) in [6.07, 6.45) is 6.54. The van der Waals surface area contributed by atoms with Gasteiger partial charge in [-0.05, 0) is 57.8 Å². The molecule has 0 aromatic carbocycles. The highest BCUT2D eigenvalue weighted by molar-refractivity contribution is 5.26. The van der Waals surface area contributed by atoms with Crippen LogP contribution in [0.2, 0.25) is 0 Å². The van der Waals surface area contributed by atoms with Crippen LogP contribution in [0.4, 0.5) is 0 Å². The number of pyridine rings is 1. The van der Waals surface area contributed by atoms with E-state index in [-0.39, 0.29) is 5.60 Å². The van der Waals surface area contributed by atoms with E-state index in [1.807, 2.05) is 25.3 Å². The van der Waals surface area contributed by atoms with Crippen LogP contribution in [0.1, 0.15) is 38.3 Å². The number of ether oxygens (including phenoxy) is 1. The molecule has 3 nitrogen and oxygen atoms in total. The molecule has 0 aliphatic heterocycles. The molecule has 1 N–H and O–H groups in total. The van der Waals surface area contributed by atoms with Gasteiger partial charge in [-0.1, -0.05) is 6.92 Å². The van der Waals surface area contributed by atoms with E-state index in [4.69, 9.17) is 4.74 Å². The zero-order valence-electron chi connectivity index (χ0n) is 10.8. The number of aromatic nitrogens is 1. The molecule has 2 rings (SSSR count). The number of nitrogens with one attached hydrogen (secondary N) is 1. The summed E-state index contributed by atoms with van der Waals surface area (Å²) in [5.41, 5.74) is 1.05. The van der Waals surface area contributed by atoms with E-state index < -0.39 is 0 Å². The molecule has 1 aromatic heterocycles. The first kappa shape index (κ1) is 12.4. The summed E-state index contributed by atoms with van der Waals surface area (Å²) in [5.74, 6) is 0.948. The minimum Gasteiger partial charge on any atom is -0.485 e. The predicted molar refractivity (Wildman–Crippen MR) is 69.3 cm³/mol. The van der Waals surface area contributed by atoms with Crippen LogP contribution in [-0.4, -0.2) is 23.7 Å². The average molecular weight is 234 g/mol. The lowest BCUT2D eigenvalue weighted by molar-refractivity contribution is -0.0150. The van der Waals surface area contributed by atoms with Gasteiger partial charge in [-0.25, -0.2) is 0 Å². The Hall–Kier alpha value is -1.09. The molecule has 17 heavy (non-hydrogen) atoms. The molecule has 1 aromatic rings. The lowest BCUT2D eigenvalue weighted by Gasteiger charge is -2.42. The maximum Gasteiger partial charge on any atom is 0.141 e. The highest BCUT2D eigenvalue weighted by Gasteiger charge is 2.39. The monoisotopic (exact) mass is 234 g/mol. The average Bonchev–Trinajstić information content (AvgIpc) is 2.28. The second kappa shape index (κ2) is 5.50. The number of hydrogen-bond donors (Lipinski definition) is 1. The van der Waals surface area contributed by atoms with Crippen LogP contribution >= 0.6 is 0 Å². The molecule has 1 fully saturated rings. The van der Waals surface area contributed by atoms with E-state index in [1.165, 1.54) is 19.3 Å². The molecule has 1 aliphatic rings. The number of rotatable bonds is 6. The Morgan fingerprint density at radius 2 is 2.29 bits per heavy atom. The van der Waals surface area contributed by atoms with Gasteiger partial charge in [0.25, 0.3) is 0 Å². The van der Waals surface area contributed by atoms with Crippen molar-refractivity contribution in [2.24, 2.45) is 0 Å². The first-order valence-corrected chi connectivity index (χ1v) is 6.57. The molecule has 1 heterocycles. The second-order valence-corrected chi connectivity index (χ2v) is 4.83. The lowest BCUT2D eigenvalue weighted by Crippen LogP contribution is -2.45. The van der Waals surface area contributed by atoms with E-state index in [1.54, 1.807) is 0 Å². The van der Waals surface area contributed by atoms with Crippen LogP contribution < -0.4 is 10.1 Å². The van der Waals surface area contributed by atoms with Gasteiger partial charge < -0.3 is 10.1 Å². The van der Waals surface area contributed by atoms with E-state index in [2.05, 4.69) is 17.2 Å².